The topological polar surface area (TPSA) is 26.0 Å². The molecule has 0 aliphatic rings. The zero-order chi connectivity index (χ0) is 12.3. The fraction of sp³-hybridized carbons (Fsp3) is 0.500. The van der Waals surface area contributed by atoms with Gasteiger partial charge in [-0.05, 0) is 12.3 Å². The Morgan fingerprint density at radius 2 is 1.69 bits per heavy atom. The second-order valence-corrected chi connectivity index (χ2v) is 4.07. The molecule has 16 heavy (non-hydrogen) atoms. The molecular weight excluding hydrogens is 215 g/mol. The monoisotopic (exact) mass is 231 g/mol. The van der Waals surface area contributed by atoms with Gasteiger partial charge in [0.2, 0.25) is 0 Å². The molecule has 0 saturated heterocycles. The minimum atomic E-state index is -0.922. The number of rotatable bonds is 4. The van der Waals surface area contributed by atoms with E-state index in [0.717, 1.165) is 12.8 Å². The van der Waals surface area contributed by atoms with Gasteiger partial charge in [0.05, 0.1) is 0 Å². The van der Waals surface area contributed by atoms with E-state index in [9.17, 15) is 13.2 Å². The summed E-state index contributed by atoms with van der Waals surface area (Å²) in [7, 11) is 0. The molecule has 0 amide bonds. The molecule has 2 N–H and O–H groups in total. The lowest BCUT2D eigenvalue weighted by Crippen LogP contribution is -2.22. The summed E-state index contributed by atoms with van der Waals surface area (Å²) in [5.41, 5.74) is 5.55. The van der Waals surface area contributed by atoms with Crippen molar-refractivity contribution in [3.63, 3.8) is 0 Å². The van der Waals surface area contributed by atoms with Gasteiger partial charge in [0.1, 0.15) is 17.5 Å². The minimum Gasteiger partial charge on any atom is -0.324 e. The third-order valence-electron chi connectivity index (χ3n) is 2.73. The van der Waals surface area contributed by atoms with Gasteiger partial charge < -0.3 is 5.73 Å². The average Bonchev–Trinajstić information content (AvgIpc) is 2.16. The summed E-state index contributed by atoms with van der Waals surface area (Å²) in [4.78, 5) is 0. The highest BCUT2D eigenvalue weighted by Crippen LogP contribution is 2.28. The molecule has 4 heteroatoms. The molecule has 0 bridgehead atoms. The third-order valence-corrected chi connectivity index (χ3v) is 2.73. The molecule has 0 aliphatic carbocycles. The van der Waals surface area contributed by atoms with Crippen molar-refractivity contribution in [2.45, 2.75) is 32.7 Å². The molecule has 0 radical (unpaired) electrons. The van der Waals surface area contributed by atoms with E-state index in [2.05, 4.69) is 0 Å². The van der Waals surface area contributed by atoms with E-state index in [1.807, 2.05) is 13.8 Å². The maximum Gasteiger partial charge on any atom is 0.133 e. The predicted octanol–water partition coefficient (Wildman–Crippen LogP) is 3.54. The van der Waals surface area contributed by atoms with Gasteiger partial charge in [0.15, 0.2) is 0 Å². The molecule has 1 rings (SSSR count). The van der Waals surface area contributed by atoms with Crippen LogP contribution in [0.3, 0.4) is 0 Å². The fourth-order valence-electron chi connectivity index (χ4n) is 1.79. The van der Waals surface area contributed by atoms with Crippen LogP contribution in [-0.4, -0.2) is 0 Å². The van der Waals surface area contributed by atoms with Crippen molar-refractivity contribution >= 4 is 0 Å². The number of nitrogens with two attached hydrogens (primary N) is 1. The molecular formula is C12H16F3N. The molecule has 2 atom stereocenters. The van der Waals surface area contributed by atoms with E-state index in [1.165, 1.54) is 0 Å². The first-order valence-electron chi connectivity index (χ1n) is 5.37. The van der Waals surface area contributed by atoms with E-state index in [4.69, 9.17) is 5.73 Å². The highest BCUT2D eigenvalue weighted by Gasteiger charge is 2.22. The van der Waals surface area contributed by atoms with Crippen LogP contribution in [0.15, 0.2) is 12.1 Å². The van der Waals surface area contributed by atoms with Crippen LogP contribution in [0.1, 0.15) is 38.3 Å². The number of benzene rings is 1. The molecule has 0 spiro atoms. The standard InChI is InChI=1S/C12H16F3N/c1-3-4-7(2)12(16)11-9(14)5-8(13)6-10(11)15/h5-7,12H,3-4,16H2,1-2H3. The Hall–Kier alpha value is -1.03. The molecule has 90 valence electrons. The van der Waals surface area contributed by atoms with E-state index in [-0.39, 0.29) is 11.5 Å². The highest BCUT2D eigenvalue weighted by molar-refractivity contribution is 5.24. The van der Waals surface area contributed by atoms with Crippen LogP contribution in [0.5, 0.6) is 0 Å². The number of halogens is 3. The first-order valence-corrected chi connectivity index (χ1v) is 5.37. The van der Waals surface area contributed by atoms with Crippen molar-refractivity contribution < 1.29 is 13.2 Å². The lowest BCUT2D eigenvalue weighted by Gasteiger charge is -2.20. The third kappa shape index (κ3) is 2.76. The lowest BCUT2D eigenvalue weighted by molar-refractivity contribution is 0.400. The van der Waals surface area contributed by atoms with Crippen LogP contribution < -0.4 is 5.73 Å². The molecule has 0 saturated carbocycles. The number of hydrogen-bond acceptors (Lipinski definition) is 1. The van der Waals surface area contributed by atoms with Gasteiger partial charge in [-0.3, -0.25) is 0 Å². The molecule has 0 heterocycles. The summed E-state index contributed by atoms with van der Waals surface area (Å²) in [5, 5.41) is 0. The zero-order valence-electron chi connectivity index (χ0n) is 9.43. The van der Waals surface area contributed by atoms with Gasteiger partial charge in [0.25, 0.3) is 0 Å². The van der Waals surface area contributed by atoms with Crippen LogP contribution in [0.4, 0.5) is 13.2 Å². The molecule has 0 aromatic heterocycles. The Morgan fingerprint density at radius 3 is 2.12 bits per heavy atom. The largest absolute Gasteiger partial charge is 0.324 e. The van der Waals surface area contributed by atoms with Gasteiger partial charge in [-0.2, -0.15) is 0 Å². The second kappa shape index (κ2) is 5.34. The van der Waals surface area contributed by atoms with E-state index >= 15 is 0 Å². The Morgan fingerprint density at radius 1 is 1.19 bits per heavy atom. The molecule has 2 unspecified atom stereocenters. The Kier molecular flexibility index (Phi) is 4.35. The van der Waals surface area contributed by atoms with Gasteiger partial charge in [-0.25, -0.2) is 13.2 Å². The average molecular weight is 231 g/mol. The first kappa shape index (κ1) is 13.0. The zero-order valence-corrected chi connectivity index (χ0v) is 9.43. The van der Waals surface area contributed by atoms with Gasteiger partial charge >= 0.3 is 0 Å². The Balaban J connectivity index is 3.03. The SMILES string of the molecule is CCCC(C)C(N)c1c(F)cc(F)cc1F. The normalized spacial score (nSPS) is 14.9. The Bertz CT molecular complexity index is 342. The Labute approximate surface area is 93.5 Å². The molecule has 1 nitrogen and oxygen atoms in total. The van der Waals surface area contributed by atoms with Crippen molar-refractivity contribution in [2.24, 2.45) is 11.7 Å². The van der Waals surface area contributed by atoms with E-state index < -0.39 is 23.5 Å². The summed E-state index contributed by atoms with van der Waals surface area (Å²) in [5.74, 6) is -2.78. The quantitative estimate of drug-likeness (QED) is 0.842. The minimum absolute atomic E-state index is 0.0422. The van der Waals surface area contributed by atoms with E-state index in [1.54, 1.807) is 0 Å². The molecule has 1 aromatic rings. The smallest absolute Gasteiger partial charge is 0.133 e. The van der Waals surface area contributed by atoms with Gasteiger partial charge in [-0.15, -0.1) is 0 Å². The van der Waals surface area contributed by atoms with Gasteiger partial charge in [-0.1, -0.05) is 20.3 Å². The van der Waals surface area contributed by atoms with Crippen molar-refractivity contribution in [1.82, 2.24) is 0 Å². The van der Waals surface area contributed by atoms with Crippen molar-refractivity contribution in [1.29, 1.82) is 0 Å². The highest BCUT2D eigenvalue weighted by atomic mass is 19.1. The summed E-state index contributed by atoms with van der Waals surface area (Å²) in [6.45, 7) is 3.80. The van der Waals surface area contributed by atoms with Crippen molar-refractivity contribution in [2.75, 3.05) is 0 Å². The van der Waals surface area contributed by atoms with Gasteiger partial charge in [0, 0.05) is 23.7 Å². The second-order valence-electron chi connectivity index (χ2n) is 4.07. The summed E-state index contributed by atoms with van der Waals surface area (Å²) >= 11 is 0. The first-order chi connectivity index (χ1) is 7.47. The van der Waals surface area contributed by atoms with Crippen molar-refractivity contribution in [3.8, 4) is 0 Å². The maximum absolute atomic E-state index is 13.4. The van der Waals surface area contributed by atoms with Crippen molar-refractivity contribution in [3.05, 3.63) is 35.1 Å². The fourth-order valence-corrected chi connectivity index (χ4v) is 1.79. The predicted molar refractivity (Wildman–Crippen MR) is 57.3 cm³/mol. The van der Waals surface area contributed by atoms with Crippen LogP contribution >= 0.6 is 0 Å². The molecule has 1 aromatic carbocycles. The molecule has 0 fully saturated rings. The maximum atomic E-state index is 13.4. The van der Waals surface area contributed by atoms with Crippen LogP contribution in [-0.2, 0) is 0 Å². The van der Waals surface area contributed by atoms with Crippen LogP contribution in [0.25, 0.3) is 0 Å². The van der Waals surface area contributed by atoms with Crippen LogP contribution in [0, 0.1) is 23.4 Å². The summed E-state index contributed by atoms with van der Waals surface area (Å²) in [6, 6.07) is 0.592. The summed E-state index contributed by atoms with van der Waals surface area (Å²) in [6.07, 6.45) is 1.66. The number of hydrogen-bond donors (Lipinski definition) is 1. The lowest BCUT2D eigenvalue weighted by atomic mass is 9.91. The van der Waals surface area contributed by atoms with E-state index in [0.29, 0.717) is 12.1 Å². The van der Waals surface area contributed by atoms with Crippen LogP contribution in [0.2, 0.25) is 0 Å². The summed E-state index contributed by atoms with van der Waals surface area (Å²) < 4.78 is 39.5. The molecule has 0 aliphatic heterocycles.